The Bertz CT molecular complexity index is 420. The van der Waals surface area contributed by atoms with Crippen molar-refractivity contribution in [3.05, 3.63) is 21.1 Å². The first-order valence-electron chi connectivity index (χ1n) is 4.09. The van der Waals surface area contributed by atoms with E-state index in [1.807, 2.05) is 0 Å². The number of phenolic OH excluding ortho intramolecular Hbond substituents is 1. The number of nitrogens with one attached hydrogen (secondary N) is 1. The van der Waals surface area contributed by atoms with Crippen molar-refractivity contribution in [3.63, 3.8) is 0 Å². The molecule has 1 aromatic rings. The van der Waals surface area contributed by atoms with Crippen molar-refractivity contribution in [3.8, 4) is 5.75 Å². The lowest BCUT2D eigenvalue weighted by Crippen LogP contribution is -2.19. The molecule has 2 N–H and O–H groups in total. The van der Waals surface area contributed by atoms with Gasteiger partial charge in [0.05, 0.1) is 15.2 Å². The van der Waals surface area contributed by atoms with E-state index in [4.69, 9.17) is 11.6 Å². The summed E-state index contributed by atoms with van der Waals surface area (Å²) in [5.74, 6) is -0.0764. The molecule has 74 valence electrons. The molecule has 0 unspecified atom stereocenters. The molecular formula is C9H7BrClNO2. The summed E-state index contributed by atoms with van der Waals surface area (Å²) in [7, 11) is 0. The van der Waals surface area contributed by atoms with Crippen LogP contribution in [0.3, 0.4) is 0 Å². The van der Waals surface area contributed by atoms with Crippen LogP contribution in [0.1, 0.15) is 12.0 Å². The molecule has 0 saturated carbocycles. The van der Waals surface area contributed by atoms with Crippen LogP contribution in [0.5, 0.6) is 5.75 Å². The second kappa shape index (κ2) is 3.44. The molecule has 3 nitrogen and oxygen atoms in total. The molecule has 0 atom stereocenters. The molecule has 0 aromatic heterocycles. The summed E-state index contributed by atoms with van der Waals surface area (Å²) in [6.07, 6.45) is 1.11. The molecule has 1 aliphatic heterocycles. The number of carbonyl (C=O) groups is 1. The van der Waals surface area contributed by atoms with Gasteiger partial charge in [-0.05, 0) is 34.0 Å². The first kappa shape index (κ1) is 9.80. The Balaban J connectivity index is 2.60. The van der Waals surface area contributed by atoms with Crippen LogP contribution in [0, 0.1) is 0 Å². The van der Waals surface area contributed by atoms with E-state index in [2.05, 4.69) is 21.2 Å². The molecule has 0 radical (unpaired) electrons. The maximum Gasteiger partial charge on any atom is 0.224 e. The summed E-state index contributed by atoms with van der Waals surface area (Å²) < 4.78 is 0.452. The Kier molecular flexibility index (Phi) is 2.41. The number of benzene rings is 1. The van der Waals surface area contributed by atoms with Gasteiger partial charge in [-0.25, -0.2) is 0 Å². The smallest absolute Gasteiger partial charge is 0.224 e. The van der Waals surface area contributed by atoms with Crippen LogP contribution in [-0.4, -0.2) is 11.0 Å². The van der Waals surface area contributed by atoms with Crippen LogP contribution in [0.4, 0.5) is 5.69 Å². The SMILES string of the molecule is O=C1CCc2cc(Cl)c(O)c(Br)c2N1. The summed E-state index contributed by atoms with van der Waals surface area (Å²) in [4.78, 5) is 11.1. The van der Waals surface area contributed by atoms with Crippen molar-refractivity contribution < 1.29 is 9.90 Å². The van der Waals surface area contributed by atoms with Crippen LogP contribution >= 0.6 is 27.5 Å². The number of aryl methyl sites for hydroxylation is 1. The molecule has 5 heteroatoms. The third kappa shape index (κ3) is 1.48. The number of fused-ring (bicyclic) bond motifs is 1. The maximum atomic E-state index is 11.1. The summed E-state index contributed by atoms with van der Waals surface area (Å²) in [6.45, 7) is 0. The highest BCUT2D eigenvalue weighted by molar-refractivity contribution is 9.10. The van der Waals surface area contributed by atoms with Gasteiger partial charge in [0.2, 0.25) is 5.91 Å². The van der Waals surface area contributed by atoms with Crippen LogP contribution < -0.4 is 5.32 Å². The fraction of sp³-hybridized carbons (Fsp3) is 0.222. The molecule has 0 saturated heterocycles. The van der Waals surface area contributed by atoms with Crippen LogP contribution in [0.25, 0.3) is 0 Å². The summed E-state index contributed by atoms with van der Waals surface area (Å²) in [6, 6.07) is 1.68. The lowest BCUT2D eigenvalue weighted by molar-refractivity contribution is -0.116. The number of anilines is 1. The highest BCUT2D eigenvalue weighted by atomic mass is 79.9. The van der Waals surface area contributed by atoms with Crippen LogP contribution in [-0.2, 0) is 11.2 Å². The maximum absolute atomic E-state index is 11.1. The number of phenols is 1. The van der Waals surface area contributed by atoms with Crippen molar-refractivity contribution >= 4 is 39.1 Å². The lowest BCUT2D eigenvalue weighted by Gasteiger charge is -2.19. The van der Waals surface area contributed by atoms with E-state index >= 15 is 0 Å². The van der Waals surface area contributed by atoms with Gasteiger partial charge in [0.1, 0.15) is 5.75 Å². The van der Waals surface area contributed by atoms with Gasteiger partial charge in [-0.3, -0.25) is 4.79 Å². The van der Waals surface area contributed by atoms with Gasteiger partial charge in [0.15, 0.2) is 0 Å². The Morgan fingerprint density at radius 2 is 2.21 bits per heavy atom. The third-order valence-electron chi connectivity index (χ3n) is 2.16. The van der Waals surface area contributed by atoms with Gasteiger partial charge in [-0.15, -0.1) is 0 Å². The van der Waals surface area contributed by atoms with Crippen molar-refractivity contribution in [2.24, 2.45) is 0 Å². The standard InChI is InChI=1S/C9H7BrClNO2/c10-7-8-4(1-2-6(13)12-8)3-5(11)9(7)14/h3,14H,1-2H2,(H,12,13). The van der Waals surface area contributed by atoms with Crippen LogP contribution in [0.2, 0.25) is 5.02 Å². The van der Waals surface area contributed by atoms with Crippen LogP contribution in [0.15, 0.2) is 10.5 Å². The van der Waals surface area contributed by atoms with E-state index in [9.17, 15) is 9.90 Å². The molecule has 1 heterocycles. The van der Waals surface area contributed by atoms with Crippen molar-refractivity contribution in [2.45, 2.75) is 12.8 Å². The third-order valence-corrected chi connectivity index (χ3v) is 3.22. The number of rotatable bonds is 0. The zero-order valence-corrected chi connectivity index (χ0v) is 9.44. The molecule has 0 bridgehead atoms. The fourth-order valence-electron chi connectivity index (χ4n) is 1.44. The molecule has 0 aliphatic carbocycles. The van der Waals surface area contributed by atoms with Gasteiger partial charge >= 0.3 is 0 Å². The molecular weight excluding hydrogens is 269 g/mol. The zero-order valence-electron chi connectivity index (χ0n) is 7.10. The number of carbonyl (C=O) groups excluding carboxylic acids is 1. The Morgan fingerprint density at radius 1 is 1.50 bits per heavy atom. The van der Waals surface area contributed by atoms with E-state index in [1.165, 1.54) is 0 Å². The Morgan fingerprint density at radius 3 is 2.93 bits per heavy atom. The van der Waals surface area contributed by atoms with E-state index in [-0.39, 0.29) is 11.7 Å². The molecule has 14 heavy (non-hydrogen) atoms. The van der Waals surface area contributed by atoms with Gasteiger partial charge in [-0.2, -0.15) is 0 Å². The molecule has 0 spiro atoms. The largest absolute Gasteiger partial charge is 0.505 e. The predicted molar refractivity (Wildman–Crippen MR) is 57.8 cm³/mol. The molecule has 1 aliphatic rings. The van der Waals surface area contributed by atoms with Gasteiger partial charge in [0, 0.05) is 6.42 Å². The minimum atomic E-state index is -0.0417. The molecule has 1 aromatic carbocycles. The first-order valence-corrected chi connectivity index (χ1v) is 5.26. The number of hydrogen-bond acceptors (Lipinski definition) is 2. The number of hydrogen-bond donors (Lipinski definition) is 2. The Labute approximate surface area is 94.2 Å². The number of amides is 1. The summed E-state index contributed by atoms with van der Waals surface area (Å²) in [5, 5.41) is 12.5. The van der Waals surface area contributed by atoms with Gasteiger partial charge in [-0.1, -0.05) is 11.6 Å². The average Bonchev–Trinajstić information content (AvgIpc) is 2.16. The van der Waals surface area contributed by atoms with E-state index in [1.54, 1.807) is 6.07 Å². The highest BCUT2D eigenvalue weighted by Crippen LogP contribution is 2.41. The van der Waals surface area contributed by atoms with Crippen molar-refractivity contribution in [2.75, 3.05) is 5.32 Å². The minimum Gasteiger partial charge on any atom is -0.505 e. The predicted octanol–water partition coefficient (Wildman–Crippen LogP) is 2.69. The highest BCUT2D eigenvalue weighted by Gasteiger charge is 2.21. The average molecular weight is 277 g/mol. The molecule has 0 fully saturated rings. The second-order valence-corrected chi connectivity index (χ2v) is 4.30. The van der Waals surface area contributed by atoms with Gasteiger partial charge < -0.3 is 10.4 Å². The number of aromatic hydroxyl groups is 1. The molecule has 1 amide bonds. The fourth-order valence-corrected chi connectivity index (χ4v) is 2.35. The summed E-state index contributed by atoms with van der Waals surface area (Å²) in [5.41, 5.74) is 1.57. The Hall–Kier alpha value is -0.740. The quantitative estimate of drug-likeness (QED) is 0.765. The van der Waals surface area contributed by atoms with E-state index in [0.717, 1.165) is 5.56 Å². The van der Waals surface area contributed by atoms with E-state index < -0.39 is 0 Å². The topological polar surface area (TPSA) is 49.3 Å². The minimum absolute atomic E-state index is 0.0346. The normalized spacial score (nSPS) is 14.9. The first-order chi connectivity index (χ1) is 6.59. The van der Waals surface area contributed by atoms with Gasteiger partial charge in [0.25, 0.3) is 0 Å². The van der Waals surface area contributed by atoms with Crippen molar-refractivity contribution in [1.82, 2.24) is 0 Å². The lowest BCUT2D eigenvalue weighted by atomic mass is 10.0. The zero-order chi connectivity index (χ0) is 10.3. The van der Waals surface area contributed by atoms with Crippen molar-refractivity contribution in [1.29, 1.82) is 0 Å². The van der Waals surface area contributed by atoms with E-state index in [0.29, 0.717) is 28.0 Å². The number of halogens is 2. The summed E-state index contributed by atoms with van der Waals surface area (Å²) >= 11 is 8.99. The monoisotopic (exact) mass is 275 g/mol. The second-order valence-electron chi connectivity index (χ2n) is 3.10. The molecule has 2 rings (SSSR count).